The molecule has 0 bridgehead atoms. The molecule has 9 nitrogen and oxygen atoms in total. The van der Waals surface area contributed by atoms with E-state index in [0.717, 1.165) is 20.1 Å². The molecule has 0 spiro atoms. The molecule has 0 aromatic heterocycles. The van der Waals surface area contributed by atoms with Crippen LogP contribution in [0, 0.1) is 0 Å². The average molecular weight is 746 g/mol. The van der Waals surface area contributed by atoms with Gasteiger partial charge >= 0.3 is 5.97 Å². The smallest absolute Gasteiger partial charge is 0.306 e. The van der Waals surface area contributed by atoms with Crippen LogP contribution in [0.5, 0.6) is 5.75 Å². The fraction of sp³-hybridized carbons (Fsp3) is 0.382. The maximum absolute atomic E-state index is 14.2. The minimum absolute atomic E-state index is 0.0417. The van der Waals surface area contributed by atoms with Crippen LogP contribution < -0.4 is 15.6 Å². The number of carbonyl (C=O) groups excluding carboxylic acids is 2. The van der Waals surface area contributed by atoms with Crippen LogP contribution in [0.4, 0.5) is 0 Å². The molecule has 3 N–H and O–H groups in total. The van der Waals surface area contributed by atoms with Crippen molar-refractivity contribution < 1.29 is 28.9 Å². The Hall–Kier alpha value is -3.25. The van der Waals surface area contributed by atoms with Gasteiger partial charge in [0.15, 0.2) is 11.6 Å². The summed E-state index contributed by atoms with van der Waals surface area (Å²) < 4.78 is 19.5. The maximum Gasteiger partial charge on any atom is 0.306 e. The molecule has 0 saturated heterocycles. The van der Waals surface area contributed by atoms with Gasteiger partial charge in [0.2, 0.25) is 5.90 Å². The lowest BCUT2D eigenvalue weighted by Gasteiger charge is -2.31. The molecule has 11 heteroatoms. The SMILES string of the molecule is CC(C)(C)OC(=O)CC[C@]1(C(=O)NNCCc2ccc(Br)cc2)N=C(c2ccc(OCCCO)cc2)O[C@H]1c1ccccc1Br. The number of halogens is 2. The molecule has 1 heterocycles. The van der Waals surface area contributed by atoms with Crippen LogP contribution in [0.1, 0.15) is 62.8 Å². The molecule has 0 unspecified atom stereocenters. The minimum Gasteiger partial charge on any atom is -0.494 e. The van der Waals surface area contributed by atoms with Crippen molar-refractivity contribution in [2.24, 2.45) is 4.99 Å². The highest BCUT2D eigenvalue weighted by molar-refractivity contribution is 9.10. The molecule has 0 saturated carbocycles. The van der Waals surface area contributed by atoms with Gasteiger partial charge < -0.3 is 19.3 Å². The number of hydrazine groups is 1. The quantitative estimate of drug-likeness (QED) is 0.102. The zero-order valence-corrected chi connectivity index (χ0v) is 28.8. The van der Waals surface area contributed by atoms with Crippen molar-refractivity contribution in [1.29, 1.82) is 0 Å². The van der Waals surface area contributed by atoms with Crippen LogP contribution in [0.3, 0.4) is 0 Å². The van der Waals surface area contributed by atoms with Crippen molar-refractivity contribution in [2.75, 3.05) is 19.8 Å². The second-order valence-corrected chi connectivity index (χ2v) is 13.4. The second-order valence-electron chi connectivity index (χ2n) is 11.7. The van der Waals surface area contributed by atoms with E-state index in [0.29, 0.717) is 37.3 Å². The van der Waals surface area contributed by atoms with Gasteiger partial charge in [-0.05, 0) is 81.6 Å². The molecule has 3 aromatic rings. The van der Waals surface area contributed by atoms with Gasteiger partial charge in [0.25, 0.3) is 5.91 Å². The molecule has 0 fully saturated rings. The highest BCUT2D eigenvalue weighted by Crippen LogP contribution is 2.45. The van der Waals surface area contributed by atoms with Crippen LogP contribution in [-0.4, -0.2) is 53.8 Å². The van der Waals surface area contributed by atoms with E-state index in [1.54, 1.807) is 32.9 Å². The Bertz CT molecular complexity index is 1470. The third kappa shape index (κ3) is 9.62. The summed E-state index contributed by atoms with van der Waals surface area (Å²) in [4.78, 5) is 32.1. The number of hydrogen-bond donors (Lipinski definition) is 3. The predicted molar refractivity (Wildman–Crippen MR) is 180 cm³/mol. The van der Waals surface area contributed by atoms with E-state index in [2.05, 4.69) is 42.7 Å². The third-order valence-corrected chi connectivity index (χ3v) is 8.25. The number of benzene rings is 3. The van der Waals surface area contributed by atoms with Crippen molar-refractivity contribution in [2.45, 2.75) is 63.7 Å². The number of aliphatic hydroxyl groups is 1. The molecule has 3 aromatic carbocycles. The largest absolute Gasteiger partial charge is 0.494 e. The molecule has 1 amide bonds. The first kappa shape index (κ1) is 34.6. The van der Waals surface area contributed by atoms with Gasteiger partial charge in [-0.2, -0.15) is 0 Å². The first-order valence-electron chi connectivity index (χ1n) is 14.9. The first-order chi connectivity index (χ1) is 21.5. The number of aliphatic hydroxyl groups excluding tert-OH is 1. The zero-order chi connectivity index (χ0) is 32.5. The Morgan fingerprint density at radius 1 is 1.02 bits per heavy atom. The summed E-state index contributed by atoms with van der Waals surface area (Å²) >= 11 is 7.08. The van der Waals surface area contributed by atoms with Gasteiger partial charge in [0.1, 0.15) is 11.4 Å². The number of nitrogens with zero attached hydrogens (tertiary/aromatic N) is 1. The maximum atomic E-state index is 14.2. The Morgan fingerprint density at radius 3 is 2.40 bits per heavy atom. The number of esters is 1. The van der Waals surface area contributed by atoms with Crippen LogP contribution in [0.15, 0.2) is 86.7 Å². The Balaban J connectivity index is 1.65. The van der Waals surface area contributed by atoms with E-state index in [4.69, 9.17) is 24.3 Å². The number of hydrogen-bond acceptors (Lipinski definition) is 8. The van der Waals surface area contributed by atoms with Gasteiger partial charge in [-0.1, -0.05) is 62.2 Å². The van der Waals surface area contributed by atoms with E-state index >= 15 is 0 Å². The normalized spacial score (nSPS) is 17.7. The van der Waals surface area contributed by atoms with Crippen molar-refractivity contribution in [1.82, 2.24) is 10.9 Å². The van der Waals surface area contributed by atoms with E-state index in [9.17, 15) is 9.59 Å². The summed E-state index contributed by atoms with van der Waals surface area (Å²) in [6.07, 6.45) is 0.350. The lowest BCUT2D eigenvalue weighted by Crippen LogP contribution is -2.53. The molecule has 2 atom stereocenters. The summed E-state index contributed by atoms with van der Waals surface area (Å²) in [5, 5.41) is 9.04. The van der Waals surface area contributed by atoms with Crippen LogP contribution in [0.25, 0.3) is 0 Å². The number of ether oxygens (including phenoxy) is 3. The standard InChI is InChI=1S/C34H39Br2N3O6/c1-33(2,3)45-29(41)17-19-34(32(42)39-37-20-18-23-9-13-25(35)14-10-23)30(27-7-4-5-8-28(27)36)44-31(38-34)24-11-15-26(16-12-24)43-22-6-21-40/h4-5,7-16,30,37,40H,6,17-22H2,1-3H3,(H,39,42)/t30-,34-/m0/s1. The van der Waals surface area contributed by atoms with E-state index < -0.39 is 29.1 Å². The molecule has 240 valence electrons. The Labute approximate surface area is 281 Å². The summed E-state index contributed by atoms with van der Waals surface area (Å²) in [7, 11) is 0. The van der Waals surface area contributed by atoms with Gasteiger partial charge in [-0.25, -0.2) is 10.4 Å². The highest BCUT2D eigenvalue weighted by atomic mass is 79.9. The summed E-state index contributed by atoms with van der Waals surface area (Å²) in [5.41, 5.74) is 6.20. The number of carbonyl (C=O) groups is 2. The van der Waals surface area contributed by atoms with E-state index in [-0.39, 0.29) is 25.3 Å². The second kappa shape index (κ2) is 15.8. The topological polar surface area (TPSA) is 118 Å². The fourth-order valence-electron chi connectivity index (χ4n) is 4.83. The lowest BCUT2D eigenvalue weighted by molar-refractivity contribution is -0.155. The summed E-state index contributed by atoms with van der Waals surface area (Å²) in [6.45, 7) is 6.33. The van der Waals surface area contributed by atoms with Crippen molar-refractivity contribution in [3.05, 3.63) is 98.4 Å². The monoisotopic (exact) mass is 743 g/mol. The number of aliphatic imine (C=N–C) groups is 1. The van der Waals surface area contributed by atoms with Crippen molar-refractivity contribution in [3.8, 4) is 5.75 Å². The molecular weight excluding hydrogens is 706 g/mol. The highest BCUT2D eigenvalue weighted by Gasteiger charge is 2.54. The van der Waals surface area contributed by atoms with E-state index in [1.807, 2.05) is 60.7 Å². The van der Waals surface area contributed by atoms with Gasteiger partial charge in [0, 0.05) is 46.1 Å². The van der Waals surface area contributed by atoms with Gasteiger partial charge in [-0.3, -0.25) is 15.0 Å². The summed E-state index contributed by atoms with van der Waals surface area (Å²) in [5.74, 6) is 0.0438. The van der Waals surface area contributed by atoms with Crippen LogP contribution in [0.2, 0.25) is 0 Å². The van der Waals surface area contributed by atoms with Crippen molar-refractivity contribution in [3.63, 3.8) is 0 Å². The Morgan fingerprint density at radius 2 is 1.73 bits per heavy atom. The lowest BCUT2D eigenvalue weighted by atomic mass is 9.83. The molecular formula is C34H39Br2N3O6. The fourth-order valence-corrected chi connectivity index (χ4v) is 5.59. The predicted octanol–water partition coefficient (Wildman–Crippen LogP) is 6.22. The zero-order valence-electron chi connectivity index (χ0n) is 25.6. The number of nitrogens with one attached hydrogen (secondary N) is 2. The molecule has 45 heavy (non-hydrogen) atoms. The minimum atomic E-state index is -1.50. The molecule has 0 radical (unpaired) electrons. The Kier molecular flexibility index (Phi) is 12.2. The molecule has 1 aliphatic rings. The summed E-state index contributed by atoms with van der Waals surface area (Å²) in [6, 6.07) is 22.7. The van der Waals surface area contributed by atoms with Crippen molar-refractivity contribution >= 4 is 49.6 Å². The number of rotatable bonds is 14. The number of amides is 1. The first-order valence-corrected chi connectivity index (χ1v) is 16.4. The van der Waals surface area contributed by atoms with Crippen LogP contribution >= 0.6 is 31.9 Å². The average Bonchev–Trinajstić information content (AvgIpc) is 3.39. The van der Waals surface area contributed by atoms with E-state index in [1.165, 1.54) is 0 Å². The van der Waals surface area contributed by atoms with Crippen LogP contribution in [-0.2, 0) is 25.5 Å². The molecule has 4 rings (SSSR count). The van der Waals surface area contributed by atoms with Gasteiger partial charge in [-0.15, -0.1) is 0 Å². The third-order valence-electron chi connectivity index (χ3n) is 7.00. The molecule has 0 aliphatic carbocycles. The molecule has 1 aliphatic heterocycles. The van der Waals surface area contributed by atoms with Gasteiger partial charge in [0.05, 0.1) is 6.61 Å².